The van der Waals surface area contributed by atoms with E-state index >= 15 is 0 Å². The second-order valence-electron chi connectivity index (χ2n) is 5.42. The molecule has 1 saturated carbocycles. The minimum atomic E-state index is -0.954. The summed E-state index contributed by atoms with van der Waals surface area (Å²) in [5.41, 5.74) is 2.17. The Balaban J connectivity index is 1.98. The van der Waals surface area contributed by atoms with Gasteiger partial charge in [-0.3, -0.25) is 0 Å². The average molecular weight is 254 g/mol. The SMILES string of the molecule is CC1(C)CCC(Nc2scnc2C(=O)O)CC1. The van der Waals surface area contributed by atoms with Crippen LogP contribution >= 0.6 is 11.3 Å². The molecular weight excluding hydrogens is 236 g/mol. The standard InChI is InChI=1S/C12H18N2O2S/c1-12(2)5-3-8(4-6-12)14-10-9(11(15)16)13-7-17-10/h7-8,14H,3-6H2,1-2H3,(H,15,16). The van der Waals surface area contributed by atoms with Gasteiger partial charge in [-0.25, -0.2) is 9.78 Å². The Morgan fingerprint density at radius 2 is 2.18 bits per heavy atom. The molecule has 5 heteroatoms. The molecule has 0 aromatic carbocycles. The van der Waals surface area contributed by atoms with Crippen molar-refractivity contribution >= 4 is 22.3 Å². The predicted molar refractivity (Wildman–Crippen MR) is 68.7 cm³/mol. The van der Waals surface area contributed by atoms with Gasteiger partial charge in [-0.1, -0.05) is 13.8 Å². The Hall–Kier alpha value is -1.10. The molecule has 4 nitrogen and oxygen atoms in total. The Morgan fingerprint density at radius 1 is 1.53 bits per heavy atom. The molecule has 0 atom stereocenters. The van der Waals surface area contributed by atoms with Gasteiger partial charge in [0.25, 0.3) is 0 Å². The first kappa shape index (κ1) is 12.4. The first-order valence-electron chi connectivity index (χ1n) is 5.91. The Bertz CT molecular complexity index is 404. The molecule has 17 heavy (non-hydrogen) atoms. The number of hydrogen-bond acceptors (Lipinski definition) is 4. The monoisotopic (exact) mass is 254 g/mol. The van der Waals surface area contributed by atoms with E-state index in [-0.39, 0.29) is 5.69 Å². The van der Waals surface area contributed by atoms with Gasteiger partial charge in [0.15, 0.2) is 5.69 Å². The van der Waals surface area contributed by atoms with Gasteiger partial charge in [0.05, 0.1) is 5.51 Å². The highest BCUT2D eigenvalue weighted by Gasteiger charge is 2.27. The molecule has 1 aromatic rings. The second kappa shape index (κ2) is 4.64. The molecule has 0 aliphatic heterocycles. The van der Waals surface area contributed by atoms with Crippen LogP contribution in [0.2, 0.25) is 0 Å². The van der Waals surface area contributed by atoms with Crippen LogP contribution in [0.4, 0.5) is 5.00 Å². The van der Waals surface area contributed by atoms with Crippen molar-refractivity contribution in [1.82, 2.24) is 4.98 Å². The summed E-state index contributed by atoms with van der Waals surface area (Å²) in [4.78, 5) is 14.8. The largest absolute Gasteiger partial charge is 0.476 e. The smallest absolute Gasteiger partial charge is 0.357 e. The molecule has 1 fully saturated rings. The molecule has 0 saturated heterocycles. The molecule has 0 bridgehead atoms. The van der Waals surface area contributed by atoms with E-state index in [9.17, 15) is 4.79 Å². The predicted octanol–water partition coefficient (Wildman–Crippen LogP) is 3.22. The summed E-state index contributed by atoms with van der Waals surface area (Å²) in [7, 11) is 0. The van der Waals surface area contributed by atoms with Crippen molar-refractivity contribution in [3.05, 3.63) is 11.2 Å². The fourth-order valence-electron chi connectivity index (χ4n) is 2.23. The number of anilines is 1. The quantitative estimate of drug-likeness (QED) is 0.869. The highest BCUT2D eigenvalue weighted by atomic mass is 32.1. The molecule has 0 unspecified atom stereocenters. The maximum atomic E-state index is 10.9. The van der Waals surface area contributed by atoms with Crippen LogP contribution in [0, 0.1) is 5.41 Å². The van der Waals surface area contributed by atoms with E-state index in [0.717, 1.165) is 12.8 Å². The highest BCUT2D eigenvalue weighted by molar-refractivity contribution is 7.14. The van der Waals surface area contributed by atoms with Gasteiger partial charge >= 0.3 is 5.97 Å². The zero-order valence-corrected chi connectivity index (χ0v) is 11.0. The third-order valence-corrected chi connectivity index (χ3v) is 4.20. The van der Waals surface area contributed by atoms with Gasteiger partial charge in [0.1, 0.15) is 5.00 Å². The van der Waals surface area contributed by atoms with Crippen molar-refractivity contribution in [1.29, 1.82) is 0 Å². The minimum Gasteiger partial charge on any atom is -0.476 e. The Labute approximate surface area is 105 Å². The van der Waals surface area contributed by atoms with Crippen LogP contribution < -0.4 is 5.32 Å². The first-order chi connectivity index (χ1) is 7.98. The molecular formula is C12H18N2O2S. The number of hydrogen-bond donors (Lipinski definition) is 2. The van der Waals surface area contributed by atoms with Crippen molar-refractivity contribution in [3.63, 3.8) is 0 Å². The number of nitrogens with zero attached hydrogens (tertiary/aromatic N) is 1. The normalized spacial score (nSPS) is 20.1. The summed E-state index contributed by atoms with van der Waals surface area (Å²) < 4.78 is 0. The summed E-state index contributed by atoms with van der Waals surface area (Å²) in [5.74, 6) is -0.954. The van der Waals surface area contributed by atoms with Crippen LogP contribution in [0.3, 0.4) is 0 Å². The number of aromatic nitrogens is 1. The van der Waals surface area contributed by atoms with Gasteiger partial charge in [0.2, 0.25) is 0 Å². The molecule has 0 radical (unpaired) electrons. The third kappa shape index (κ3) is 2.97. The molecule has 94 valence electrons. The lowest BCUT2D eigenvalue weighted by atomic mass is 9.75. The number of carboxylic acids is 1. The van der Waals surface area contributed by atoms with Gasteiger partial charge in [-0.15, -0.1) is 11.3 Å². The number of rotatable bonds is 3. The summed E-state index contributed by atoms with van der Waals surface area (Å²) in [6, 6.07) is 0.390. The van der Waals surface area contributed by atoms with Crippen molar-refractivity contribution in [2.75, 3.05) is 5.32 Å². The number of carbonyl (C=O) groups is 1. The van der Waals surface area contributed by atoms with Crippen LogP contribution in [0.25, 0.3) is 0 Å². The molecule has 1 heterocycles. The molecule has 1 aromatic heterocycles. The summed E-state index contributed by atoms with van der Waals surface area (Å²) in [6.07, 6.45) is 4.58. The summed E-state index contributed by atoms with van der Waals surface area (Å²) in [6.45, 7) is 4.58. The lowest BCUT2D eigenvalue weighted by Gasteiger charge is -2.34. The second-order valence-corrected chi connectivity index (χ2v) is 6.27. The van der Waals surface area contributed by atoms with E-state index in [1.54, 1.807) is 5.51 Å². The summed E-state index contributed by atoms with van der Waals surface area (Å²) >= 11 is 1.37. The number of aromatic carboxylic acids is 1. The minimum absolute atomic E-state index is 0.153. The first-order valence-corrected chi connectivity index (χ1v) is 6.79. The van der Waals surface area contributed by atoms with E-state index < -0.39 is 5.97 Å². The van der Waals surface area contributed by atoms with Crippen LogP contribution in [0.5, 0.6) is 0 Å². The van der Waals surface area contributed by atoms with Crippen LogP contribution in [-0.4, -0.2) is 22.1 Å². The summed E-state index contributed by atoms with van der Waals surface area (Å²) in [5, 5.41) is 13.0. The van der Waals surface area contributed by atoms with E-state index in [1.807, 2.05) is 0 Å². The number of nitrogens with one attached hydrogen (secondary N) is 1. The fourth-order valence-corrected chi connectivity index (χ4v) is 2.98. The zero-order chi connectivity index (χ0) is 12.5. The average Bonchev–Trinajstić information content (AvgIpc) is 2.69. The van der Waals surface area contributed by atoms with Crippen LogP contribution in [0.1, 0.15) is 50.0 Å². The van der Waals surface area contributed by atoms with Crippen molar-refractivity contribution in [2.24, 2.45) is 5.41 Å². The van der Waals surface area contributed by atoms with E-state index in [2.05, 4.69) is 24.1 Å². The van der Waals surface area contributed by atoms with E-state index in [0.29, 0.717) is 16.5 Å². The molecule has 2 N–H and O–H groups in total. The van der Waals surface area contributed by atoms with Gasteiger partial charge in [0, 0.05) is 6.04 Å². The van der Waals surface area contributed by atoms with Crippen LogP contribution in [0.15, 0.2) is 5.51 Å². The molecule has 2 rings (SSSR count). The highest BCUT2D eigenvalue weighted by Crippen LogP contribution is 2.36. The molecule has 1 aliphatic carbocycles. The van der Waals surface area contributed by atoms with Crippen molar-refractivity contribution in [3.8, 4) is 0 Å². The topological polar surface area (TPSA) is 62.2 Å². The van der Waals surface area contributed by atoms with E-state index in [1.165, 1.54) is 24.2 Å². The van der Waals surface area contributed by atoms with Crippen molar-refractivity contribution < 1.29 is 9.90 Å². The van der Waals surface area contributed by atoms with E-state index in [4.69, 9.17) is 5.11 Å². The number of thiazole rings is 1. The van der Waals surface area contributed by atoms with Gasteiger partial charge in [-0.05, 0) is 31.1 Å². The molecule has 0 amide bonds. The zero-order valence-electron chi connectivity index (χ0n) is 10.2. The Kier molecular flexibility index (Phi) is 3.38. The fraction of sp³-hybridized carbons (Fsp3) is 0.667. The number of carboxylic acid groups (broad SMARTS) is 1. The third-order valence-electron chi connectivity index (χ3n) is 3.44. The maximum absolute atomic E-state index is 10.9. The maximum Gasteiger partial charge on any atom is 0.357 e. The lowest BCUT2D eigenvalue weighted by molar-refractivity contribution is 0.0692. The molecule has 1 aliphatic rings. The Morgan fingerprint density at radius 3 is 2.76 bits per heavy atom. The lowest BCUT2D eigenvalue weighted by Crippen LogP contribution is -2.30. The van der Waals surface area contributed by atoms with Crippen LogP contribution in [-0.2, 0) is 0 Å². The van der Waals surface area contributed by atoms with Gasteiger partial charge in [-0.2, -0.15) is 0 Å². The van der Waals surface area contributed by atoms with Gasteiger partial charge < -0.3 is 10.4 Å². The van der Waals surface area contributed by atoms with Crippen molar-refractivity contribution in [2.45, 2.75) is 45.6 Å². The molecule has 0 spiro atoms.